The van der Waals surface area contributed by atoms with Crippen LogP contribution in [0, 0.1) is 12.3 Å². The standard InChI is InChI=1S/C28H37N3O4S/c1-19-8-5-6-9-21(19)27(33)29-24-12-13-25(23-11-7-10-22(23)24)36(34,35)30-20-14-16-31(17-15-20)26(32)18-28(2,3)4/h5-6,8-9,12-13,20,30H,7,10-11,14-18H2,1-4H3,(H,29,33). The van der Waals surface area contributed by atoms with Crippen LogP contribution in [-0.2, 0) is 27.7 Å². The van der Waals surface area contributed by atoms with Crippen molar-refractivity contribution in [2.24, 2.45) is 5.41 Å². The van der Waals surface area contributed by atoms with E-state index in [1.807, 2.05) is 50.8 Å². The molecule has 0 saturated carbocycles. The van der Waals surface area contributed by atoms with E-state index >= 15 is 0 Å². The normalized spacial score (nSPS) is 16.6. The van der Waals surface area contributed by atoms with Crippen molar-refractivity contribution in [1.29, 1.82) is 0 Å². The van der Waals surface area contributed by atoms with Gasteiger partial charge in [-0.1, -0.05) is 39.0 Å². The third kappa shape index (κ3) is 5.98. The number of hydrogen-bond acceptors (Lipinski definition) is 4. The van der Waals surface area contributed by atoms with Gasteiger partial charge in [-0.05, 0) is 79.3 Å². The number of aryl methyl sites for hydroxylation is 1. The van der Waals surface area contributed by atoms with E-state index in [0.29, 0.717) is 54.9 Å². The molecule has 2 N–H and O–H groups in total. The van der Waals surface area contributed by atoms with Gasteiger partial charge in [0.15, 0.2) is 0 Å². The summed E-state index contributed by atoms with van der Waals surface area (Å²) in [6, 6.07) is 10.5. The van der Waals surface area contributed by atoms with Crippen molar-refractivity contribution in [3.05, 3.63) is 58.7 Å². The smallest absolute Gasteiger partial charge is 0.255 e. The number of amides is 2. The van der Waals surface area contributed by atoms with E-state index in [-0.39, 0.29) is 23.3 Å². The minimum Gasteiger partial charge on any atom is -0.343 e. The second-order valence-corrected chi connectivity index (χ2v) is 12.9. The molecule has 1 heterocycles. The van der Waals surface area contributed by atoms with Crippen LogP contribution < -0.4 is 10.0 Å². The van der Waals surface area contributed by atoms with Gasteiger partial charge in [0.25, 0.3) is 5.91 Å². The molecule has 2 aromatic carbocycles. The number of anilines is 1. The van der Waals surface area contributed by atoms with E-state index in [9.17, 15) is 18.0 Å². The summed E-state index contributed by atoms with van der Waals surface area (Å²) in [6.45, 7) is 9.15. The van der Waals surface area contributed by atoms with Crippen molar-refractivity contribution in [2.75, 3.05) is 18.4 Å². The van der Waals surface area contributed by atoms with Gasteiger partial charge in [-0.3, -0.25) is 9.59 Å². The number of rotatable bonds is 6. The maximum Gasteiger partial charge on any atom is 0.255 e. The van der Waals surface area contributed by atoms with Crippen LogP contribution in [0.4, 0.5) is 5.69 Å². The van der Waals surface area contributed by atoms with Crippen molar-refractivity contribution in [2.45, 2.75) is 77.2 Å². The molecule has 1 aliphatic heterocycles. The first-order valence-corrected chi connectivity index (χ1v) is 14.2. The van der Waals surface area contributed by atoms with Crippen LogP contribution in [0.25, 0.3) is 0 Å². The lowest BCUT2D eigenvalue weighted by Crippen LogP contribution is -2.47. The minimum atomic E-state index is -3.72. The quantitative estimate of drug-likeness (QED) is 0.599. The molecule has 1 aliphatic carbocycles. The van der Waals surface area contributed by atoms with E-state index in [1.54, 1.807) is 18.2 Å². The van der Waals surface area contributed by atoms with Gasteiger partial charge in [-0.2, -0.15) is 0 Å². The molecular weight excluding hydrogens is 474 g/mol. The Morgan fingerprint density at radius 2 is 1.67 bits per heavy atom. The highest BCUT2D eigenvalue weighted by atomic mass is 32.2. The maximum atomic E-state index is 13.4. The summed E-state index contributed by atoms with van der Waals surface area (Å²) in [7, 11) is -3.72. The van der Waals surface area contributed by atoms with Crippen LogP contribution >= 0.6 is 0 Å². The van der Waals surface area contributed by atoms with Crippen LogP contribution in [0.15, 0.2) is 41.3 Å². The van der Waals surface area contributed by atoms with E-state index in [4.69, 9.17) is 0 Å². The topological polar surface area (TPSA) is 95.6 Å². The zero-order chi connectivity index (χ0) is 26.1. The predicted molar refractivity (Wildman–Crippen MR) is 142 cm³/mol. The molecule has 4 rings (SSSR count). The van der Waals surface area contributed by atoms with Crippen molar-refractivity contribution in [1.82, 2.24) is 9.62 Å². The molecule has 0 bridgehead atoms. The molecule has 2 aromatic rings. The Hall–Kier alpha value is -2.71. The van der Waals surface area contributed by atoms with Gasteiger partial charge in [0.1, 0.15) is 0 Å². The third-order valence-electron chi connectivity index (χ3n) is 7.02. The number of nitrogens with one attached hydrogen (secondary N) is 2. The minimum absolute atomic E-state index is 0.0680. The summed E-state index contributed by atoms with van der Waals surface area (Å²) in [5.41, 5.74) is 3.81. The Kier molecular flexibility index (Phi) is 7.57. The van der Waals surface area contributed by atoms with E-state index in [0.717, 1.165) is 29.5 Å². The molecule has 1 fully saturated rings. The zero-order valence-electron chi connectivity index (χ0n) is 21.7. The fraction of sp³-hybridized carbons (Fsp3) is 0.500. The largest absolute Gasteiger partial charge is 0.343 e. The van der Waals surface area contributed by atoms with Gasteiger partial charge in [0.2, 0.25) is 15.9 Å². The van der Waals surface area contributed by atoms with Crippen LogP contribution in [0.2, 0.25) is 0 Å². The lowest BCUT2D eigenvalue weighted by Gasteiger charge is -2.34. The Morgan fingerprint density at radius 1 is 1.00 bits per heavy atom. The summed E-state index contributed by atoms with van der Waals surface area (Å²) in [4.78, 5) is 27.5. The second kappa shape index (κ2) is 10.3. The highest BCUT2D eigenvalue weighted by molar-refractivity contribution is 7.89. The Bertz CT molecular complexity index is 1260. The van der Waals surface area contributed by atoms with Crippen LogP contribution in [-0.4, -0.2) is 44.3 Å². The SMILES string of the molecule is Cc1ccccc1C(=O)Nc1ccc(S(=O)(=O)NC2CCN(C(=O)CC(C)(C)C)CC2)c2c1CCC2. The summed E-state index contributed by atoms with van der Waals surface area (Å²) >= 11 is 0. The first kappa shape index (κ1) is 26.4. The Morgan fingerprint density at radius 3 is 2.33 bits per heavy atom. The molecule has 0 atom stereocenters. The summed E-state index contributed by atoms with van der Waals surface area (Å²) in [6.07, 6.45) is 3.94. The molecule has 0 unspecified atom stereocenters. The number of carbonyl (C=O) groups is 2. The molecule has 36 heavy (non-hydrogen) atoms. The fourth-order valence-electron chi connectivity index (χ4n) is 5.15. The van der Waals surface area contributed by atoms with Crippen molar-refractivity contribution in [3.8, 4) is 0 Å². The van der Waals surface area contributed by atoms with E-state index < -0.39 is 10.0 Å². The number of fused-ring (bicyclic) bond motifs is 1. The van der Waals surface area contributed by atoms with Gasteiger partial charge >= 0.3 is 0 Å². The number of benzene rings is 2. The van der Waals surface area contributed by atoms with Gasteiger partial charge in [0, 0.05) is 36.8 Å². The number of piperidine rings is 1. The van der Waals surface area contributed by atoms with E-state index in [2.05, 4.69) is 10.0 Å². The molecule has 0 spiro atoms. The fourth-order valence-corrected chi connectivity index (χ4v) is 6.75. The summed E-state index contributed by atoms with van der Waals surface area (Å²) in [5, 5.41) is 3.00. The molecule has 8 heteroatoms. The maximum absolute atomic E-state index is 13.4. The highest BCUT2D eigenvalue weighted by Crippen LogP contribution is 2.35. The van der Waals surface area contributed by atoms with Gasteiger partial charge in [-0.25, -0.2) is 13.1 Å². The first-order chi connectivity index (χ1) is 16.9. The lowest BCUT2D eigenvalue weighted by atomic mass is 9.91. The van der Waals surface area contributed by atoms with Crippen LogP contribution in [0.3, 0.4) is 0 Å². The second-order valence-electron chi connectivity index (χ2n) is 11.2. The molecule has 0 aromatic heterocycles. The summed E-state index contributed by atoms with van der Waals surface area (Å²) < 4.78 is 29.7. The number of carbonyl (C=O) groups excluding carboxylic acids is 2. The van der Waals surface area contributed by atoms with Crippen molar-refractivity contribution < 1.29 is 18.0 Å². The molecule has 194 valence electrons. The van der Waals surface area contributed by atoms with Crippen molar-refractivity contribution in [3.63, 3.8) is 0 Å². The average molecular weight is 512 g/mol. The molecular formula is C28H37N3O4S. The molecule has 1 saturated heterocycles. The monoisotopic (exact) mass is 511 g/mol. The molecule has 7 nitrogen and oxygen atoms in total. The lowest BCUT2D eigenvalue weighted by molar-refractivity contribution is -0.134. The van der Waals surface area contributed by atoms with Crippen LogP contribution in [0.5, 0.6) is 0 Å². The number of hydrogen-bond donors (Lipinski definition) is 2. The number of likely N-dealkylation sites (tertiary alicyclic amines) is 1. The van der Waals surface area contributed by atoms with E-state index in [1.165, 1.54) is 0 Å². The Balaban J connectivity index is 1.45. The number of sulfonamides is 1. The van der Waals surface area contributed by atoms with Crippen molar-refractivity contribution >= 4 is 27.5 Å². The number of nitrogens with zero attached hydrogens (tertiary/aromatic N) is 1. The van der Waals surface area contributed by atoms with Gasteiger partial charge in [-0.15, -0.1) is 0 Å². The molecule has 2 aliphatic rings. The third-order valence-corrected chi connectivity index (χ3v) is 8.63. The highest BCUT2D eigenvalue weighted by Gasteiger charge is 2.31. The zero-order valence-corrected chi connectivity index (χ0v) is 22.5. The van der Waals surface area contributed by atoms with Crippen LogP contribution in [0.1, 0.15) is 73.5 Å². The molecule has 0 radical (unpaired) electrons. The van der Waals surface area contributed by atoms with Gasteiger partial charge in [0.05, 0.1) is 4.90 Å². The Labute approximate surface area is 214 Å². The first-order valence-electron chi connectivity index (χ1n) is 12.8. The molecule has 2 amide bonds. The summed E-state index contributed by atoms with van der Waals surface area (Å²) in [5.74, 6) is -0.0614. The van der Waals surface area contributed by atoms with Gasteiger partial charge < -0.3 is 10.2 Å². The predicted octanol–water partition coefficient (Wildman–Crippen LogP) is 4.44. The average Bonchev–Trinajstić information content (AvgIpc) is 3.28.